The van der Waals surface area contributed by atoms with Gasteiger partial charge in [-0.3, -0.25) is 4.79 Å². The van der Waals surface area contributed by atoms with E-state index in [-0.39, 0.29) is 10.8 Å². The number of nitrogens with zero attached hydrogens (tertiary/aromatic N) is 2. The number of amides is 1. The van der Waals surface area contributed by atoms with E-state index in [0.29, 0.717) is 10.8 Å². The normalized spacial score (nSPS) is 12.7. The Morgan fingerprint density at radius 2 is 1.71 bits per heavy atom. The fourth-order valence-corrected chi connectivity index (χ4v) is 3.32. The van der Waals surface area contributed by atoms with Gasteiger partial charge in [-0.05, 0) is 51.1 Å². The Morgan fingerprint density at radius 3 is 2.21 bits per heavy atom. The fourth-order valence-electron chi connectivity index (χ4n) is 1.93. The van der Waals surface area contributed by atoms with Gasteiger partial charge in [-0.15, -0.1) is 0 Å². The molecule has 1 aromatic heterocycles. The van der Waals surface area contributed by atoms with Crippen LogP contribution in [0.1, 0.15) is 18.3 Å². The van der Waals surface area contributed by atoms with Crippen LogP contribution in [0.5, 0.6) is 0 Å². The van der Waals surface area contributed by atoms with E-state index in [1.54, 1.807) is 6.92 Å². The van der Waals surface area contributed by atoms with Gasteiger partial charge in [-0.2, -0.15) is 0 Å². The summed E-state index contributed by atoms with van der Waals surface area (Å²) in [5, 5.41) is 7.88. The van der Waals surface area contributed by atoms with Crippen molar-refractivity contribution >= 4 is 33.4 Å². The molecule has 128 valence electrons. The molecule has 0 aliphatic heterocycles. The number of sulfonamides is 1. The lowest BCUT2D eigenvalue weighted by Crippen LogP contribution is -2.22. The van der Waals surface area contributed by atoms with Gasteiger partial charge in [0.2, 0.25) is 15.9 Å². The highest BCUT2D eigenvalue weighted by molar-refractivity contribution is 8.00. The van der Waals surface area contributed by atoms with Crippen LogP contribution < -0.4 is 10.5 Å². The summed E-state index contributed by atoms with van der Waals surface area (Å²) in [4.78, 5) is 20.8. The van der Waals surface area contributed by atoms with Gasteiger partial charge >= 0.3 is 0 Å². The van der Waals surface area contributed by atoms with Crippen molar-refractivity contribution in [3.05, 3.63) is 41.7 Å². The second-order valence-electron chi connectivity index (χ2n) is 5.25. The summed E-state index contributed by atoms with van der Waals surface area (Å²) in [6.07, 6.45) is 0. The number of primary sulfonamides is 1. The number of nitrogens with one attached hydrogen (secondary N) is 1. The summed E-state index contributed by atoms with van der Waals surface area (Å²) >= 11 is 1.26. The average molecular weight is 366 g/mol. The third kappa shape index (κ3) is 5.02. The Kier molecular flexibility index (Phi) is 5.58. The number of carbonyl (C=O) groups is 1. The Labute approximate surface area is 145 Å². The summed E-state index contributed by atoms with van der Waals surface area (Å²) in [5.74, 6) is -0.230. The van der Waals surface area contributed by atoms with Gasteiger partial charge in [0.05, 0.1) is 10.1 Å². The van der Waals surface area contributed by atoms with Gasteiger partial charge in [0.25, 0.3) is 0 Å². The number of carbonyl (C=O) groups excluding carboxylic acids is 1. The highest BCUT2D eigenvalue weighted by Crippen LogP contribution is 2.22. The molecule has 7 nitrogen and oxygen atoms in total. The molecule has 1 aromatic carbocycles. The maximum atomic E-state index is 12.2. The van der Waals surface area contributed by atoms with Crippen molar-refractivity contribution in [2.75, 3.05) is 5.32 Å². The van der Waals surface area contributed by atoms with Crippen molar-refractivity contribution in [2.45, 2.75) is 36.1 Å². The molecule has 2 rings (SSSR count). The summed E-state index contributed by atoms with van der Waals surface area (Å²) in [7, 11) is -3.75. The van der Waals surface area contributed by atoms with E-state index in [1.807, 2.05) is 19.9 Å². The largest absolute Gasteiger partial charge is 0.325 e. The van der Waals surface area contributed by atoms with Crippen LogP contribution in [0.3, 0.4) is 0 Å². The van der Waals surface area contributed by atoms with E-state index in [4.69, 9.17) is 5.14 Å². The molecule has 0 saturated heterocycles. The number of rotatable bonds is 5. The minimum atomic E-state index is -3.75. The van der Waals surface area contributed by atoms with E-state index in [0.717, 1.165) is 11.4 Å². The zero-order valence-electron chi connectivity index (χ0n) is 13.5. The number of benzene rings is 1. The number of nitrogens with two attached hydrogens (primary N) is 1. The molecule has 1 atom stereocenters. The third-order valence-electron chi connectivity index (χ3n) is 3.06. The van der Waals surface area contributed by atoms with Crippen molar-refractivity contribution in [3.63, 3.8) is 0 Å². The maximum Gasteiger partial charge on any atom is 0.238 e. The third-order valence-corrected chi connectivity index (χ3v) is 4.95. The molecule has 0 unspecified atom stereocenters. The minimum absolute atomic E-state index is 0.00782. The standard InChI is InChI=1S/C15H18N4O3S2/c1-9-8-10(2)18-15(17-9)23-11(3)14(20)19-12-4-6-13(7-5-12)24(16,21)22/h4-8,11H,1-3H3,(H,19,20)(H2,16,21,22)/t11-/m1/s1. The van der Waals surface area contributed by atoms with Gasteiger partial charge in [-0.1, -0.05) is 11.8 Å². The zero-order chi connectivity index (χ0) is 17.9. The van der Waals surface area contributed by atoms with E-state index in [2.05, 4.69) is 15.3 Å². The van der Waals surface area contributed by atoms with Gasteiger partial charge in [0, 0.05) is 17.1 Å². The van der Waals surface area contributed by atoms with Crippen LogP contribution in [0.4, 0.5) is 5.69 Å². The number of thioether (sulfide) groups is 1. The van der Waals surface area contributed by atoms with E-state index in [9.17, 15) is 13.2 Å². The van der Waals surface area contributed by atoms with E-state index in [1.165, 1.54) is 36.0 Å². The summed E-state index contributed by atoms with van der Waals surface area (Å²) in [5.41, 5.74) is 2.17. The second kappa shape index (κ2) is 7.29. The Hall–Kier alpha value is -1.97. The lowest BCUT2D eigenvalue weighted by atomic mass is 10.3. The predicted molar refractivity (Wildman–Crippen MR) is 93.3 cm³/mol. The van der Waals surface area contributed by atoms with Crippen LogP contribution in [0.25, 0.3) is 0 Å². The molecule has 2 aromatic rings. The van der Waals surface area contributed by atoms with E-state index < -0.39 is 15.3 Å². The molecule has 1 heterocycles. The molecule has 0 spiro atoms. The molecule has 0 radical (unpaired) electrons. The van der Waals surface area contributed by atoms with Crippen LogP contribution in [-0.4, -0.2) is 29.5 Å². The Morgan fingerprint density at radius 1 is 1.17 bits per heavy atom. The molecule has 0 bridgehead atoms. The van der Waals surface area contributed by atoms with Gasteiger partial charge < -0.3 is 5.32 Å². The van der Waals surface area contributed by atoms with Crippen molar-refractivity contribution in [3.8, 4) is 0 Å². The SMILES string of the molecule is Cc1cc(C)nc(S[C@H](C)C(=O)Nc2ccc(S(N)(=O)=O)cc2)n1. The fraction of sp³-hybridized carbons (Fsp3) is 0.267. The van der Waals surface area contributed by atoms with Gasteiger partial charge in [0.15, 0.2) is 5.16 Å². The predicted octanol–water partition coefficient (Wildman–Crippen LogP) is 1.86. The number of hydrogen-bond acceptors (Lipinski definition) is 6. The Balaban J connectivity index is 2.03. The number of hydrogen-bond donors (Lipinski definition) is 2. The topological polar surface area (TPSA) is 115 Å². The first-order valence-corrected chi connectivity index (χ1v) is 9.50. The smallest absolute Gasteiger partial charge is 0.238 e. The van der Waals surface area contributed by atoms with Crippen LogP contribution >= 0.6 is 11.8 Å². The van der Waals surface area contributed by atoms with Crippen LogP contribution in [0.15, 0.2) is 40.4 Å². The van der Waals surface area contributed by atoms with Crippen molar-refractivity contribution in [1.29, 1.82) is 0 Å². The van der Waals surface area contributed by atoms with Crippen LogP contribution in [0.2, 0.25) is 0 Å². The number of aryl methyl sites for hydroxylation is 2. The summed E-state index contributed by atoms with van der Waals surface area (Å²) in [6, 6.07) is 7.53. The lowest BCUT2D eigenvalue weighted by molar-refractivity contribution is -0.115. The van der Waals surface area contributed by atoms with Gasteiger partial charge in [-0.25, -0.2) is 23.5 Å². The minimum Gasteiger partial charge on any atom is -0.325 e. The molecule has 0 aliphatic carbocycles. The quantitative estimate of drug-likeness (QED) is 0.616. The van der Waals surface area contributed by atoms with Crippen molar-refractivity contribution in [1.82, 2.24) is 9.97 Å². The monoisotopic (exact) mass is 366 g/mol. The number of anilines is 1. The first-order chi connectivity index (χ1) is 11.1. The molecule has 24 heavy (non-hydrogen) atoms. The molecule has 1 amide bonds. The first-order valence-electron chi connectivity index (χ1n) is 7.08. The van der Waals surface area contributed by atoms with Crippen LogP contribution in [0, 0.1) is 13.8 Å². The van der Waals surface area contributed by atoms with Crippen molar-refractivity contribution in [2.24, 2.45) is 5.14 Å². The molecular weight excluding hydrogens is 348 g/mol. The summed E-state index contributed by atoms with van der Waals surface area (Å²) < 4.78 is 22.4. The highest BCUT2D eigenvalue weighted by Gasteiger charge is 2.17. The summed E-state index contributed by atoms with van der Waals surface area (Å²) in [6.45, 7) is 5.49. The van der Waals surface area contributed by atoms with E-state index >= 15 is 0 Å². The molecule has 0 aliphatic rings. The van der Waals surface area contributed by atoms with Gasteiger partial charge in [0.1, 0.15) is 0 Å². The second-order valence-corrected chi connectivity index (χ2v) is 8.12. The molecule has 9 heteroatoms. The molecule has 0 saturated carbocycles. The van der Waals surface area contributed by atoms with Crippen molar-refractivity contribution < 1.29 is 13.2 Å². The first kappa shape index (κ1) is 18.4. The lowest BCUT2D eigenvalue weighted by Gasteiger charge is -2.12. The molecule has 3 N–H and O–H groups in total. The van der Waals surface area contributed by atoms with Crippen LogP contribution in [-0.2, 0) is 14.8 Å². The average Bonchev–Trinajstić information content (AvgIpc) is 2.45. The molecular formula is C15H18N4O3S2. The molecule has 0 fully saturated rings. The Bertz CT molecular complexity index is 831. The number of aromatic nitrogens is 2. The maximum absolute atomic E-state index is 12.2. The zero-order valence-corrected chi connectivity index (χ0v) is 15.1. The highest BCUT2D eigenvalue weighted by atomic mass is 32.2.